The summed E-state index contributed by atoms with van der Waals surface area (Å²) in [5, 5.41) is 3.31. The lowest BCUT2D eigenvalue weighted by Crippen LogP contribution is -2.30. The summed E-state index contributed by atoms with van der Waals surface area (Å²) in [5.74, 6) is 1.69. The predicted octanol–water partition coefficient (Wildman–Crippen LogP) is 1.80. The summed E-state index contributed by atoms with van der Waals surface area (Å²) in [5.41, 5.74) is 8.64. The van der Waals surface area contributed by atoms with E-state index in [9.17, 15) is 0 Å². The number of aromatic nitrogens is 2. The van der Waals surface area contributed by atoms with Crippen molar-refractivity contribution in [3.63, 3.8) is 0 Å². The highest BCUT2D eigenvalue weighted by atomic mass is 16.3. The number of furan rings is 1. The van der Waals surface area contributed by atoms with Crippen LogP contribution in [0.25, 0.3) is 11.1 Å². The number of anilines is 2. The second-order valence-electron chi connectivity index (χ2n) is 6.16. The van der Waals surface area contributed by atoms with Gasteiger partial charge in [0, 0.05) is 24.7 Å². The fourth-order valence-electron chi connectivity index (χ4n) is 2.95. The van der Waals surface area contributed by atoms with Crippen molar-refractivity contribution in [3.8, 4) is 0 Å². The Kier molecular flexibility index (Phi) is 3.71. The van der Waals surface area contributed by atoms with E-state index >= 15 is 0 Å². The second kappa shape index (κ2) is 5.52. The van der Waals surface area contributed by atoms with Crippen LogP contribution >= 0.6 is 0 Å². The Morgan fingerprint density at radius 3 is 2.95 bits per heavy atom. The minimum Gasteiger partial charge on any atom is -0.458 e. The van der Waals surface area contributed by atoms with E-state index in [0.29, 0.717) is 17.9 Å². The summed E-state index contributed by atoms with van der Waals surface area (Å²) >= 11 is 0. The third-order valence-corrected chi connectivity index (χ3v) is 4.01. The summed E-state index contributed by atoms with van der Waals surface area (Å²) in [6.45, 7) is 6.24. The number of fused-ring (bicyclic) bond motifs is 1. The number of likely N-dealkylation sites (N-methyl/N-ethyl adjacent to an activating group) is 1. The van der Waals surface area contributed by atoms with Gasteiger partial charge in [0.2, 0.25) is 5.95 Å². The summed E-state index contributed by atoms with van der Waals surface area (Å²) in [6, 6.07) is 0.487. The summed E-state index contributed by atoms with van der Waals surface area (Å²) in [6.07, 6.45) is 3.83. The van der Waals surface area contributed by atoms with Crippen LogP contribution < -0.4 is 16.0 Å². The first-order chi connectivity index (χ1) is 10.1. The molecule has 3 rings (SSSR count). The van der Waals surface area contributed by atoms with Crippen LogP contribution in [0.4, 0.5) is 11.8 Å². The number of nitrogens with zero attached hydrogens (tertiary/aromatic N) is 3. The van der Waals surface area contributed by atoms with E-state index in [0.717, 1.165) is 48.4 Å². The molecule has 3 N–H and O–H groups in total. The van der Waals surface area contributed by atoms with Crippen molar-refractivity contribution in [1.29, 1.82) is 0 Å². The van der Waals surface area contributed by atoms with Gasteiger partial charge in [-0.3, -0.25) is 0 Å². The molecule has 1 saturated heterocycles. The lowest BCUT2D eigenvalue weighted by molar-refractivity contribution is 0.591. The Labute approximate surface area is 124 Å². The number of rotatable bonds is 4. The molecule has 6 nitrogen and oxygen atoms in total. The van der Waals surface area contributed by atoms with Gasteiger partial charge in [0.25, 0.3) is 0 Å². The van der Waals surface area contributed by atoms with Gasteiger partial charge in [-0.25, -0.2) is 4.98 Å². The zero-order valence-electron chi connectivity index (χ0n) is 12.9. The van der Waals surface area contributed by atoms with Crippen LogP contribution in [0.3, 0.4) is 0 Å². The van der Waals surface area contributed by atoms with Crippen molar-refractivity contribution in [1.82, 2.24) is 15.3 Å². The molecule has 0 amide bonds. The van der Waals surface area contributed by atoms with E-state index < -0.39 is 0 Å². The van der Waals surface area contributed by atoms with Gasteiger partial charge in [-0.05, 0) is 25.8 Å². The number of nitrogen functional groups attached to an aromatic ring is 1. The first-order valence-corrected chi connectivity index (χ1v) is 7.54. The van der Waals surface area contributed by atoms with Gasteiger partial charge in [-0.15, -0.1) is 0 Å². The Bertz CT molecular complexity index is 636. The number of hydrogen-bond donors (Lipinski definition) is 2. The van der Waals surface area contributed by atoms with E-state index in [1.165, 1.54) is 0 Å². The van der Waals surface area contributed by atoms with Crippen molar-refractivity contribution in [2.75, 3.05) is 30.8 Å². The van der Waals surface area contributed by atoms with Crippen LogP contribution in [-0.2, 0) is 6.42 Å². The van der Waals surface area contributed by atoms with Crippen LogP contribution in [0.2, 0.25) is 0 Å². The predicted molar refractivity (Wildman–Crippen MR) is 84.4 cm³/mol. The van der Waals surface area contributed by atoms with Crippen LogP contribution in [0.1, 0.15) is 25.8 Å². The topological polar surface area (TPSA) is 80.2 Å². The molecular weight excluding hydrogens is 266 g/mol. The zero-order chi connectivity index (χ0) is 15.0. The average Bonchev–Trinajstić information content (AvgIpc) is 3.05. The van der Waals surface area contributed by atoms with Crippen molar-refractivity contribution >= 4 is 22.9 Å². The Morgan fingerprint density at radius 2 is 2.29 bits per heavy atom. The monoisotopic (exact) mass is 289 g/mol. The molecule has 0 unspecified atom stereocenters. The largest absolute Gasteiger partial charge is 0.458 e. The van der Waals surface area contributed by atoms with Gasteiger partial charge >= 0.3 is 0 Å². The van der Waals surface area contributed by atoms with Crippen LogP contribution in [0, 0.1) is 5.92 Å². The third-order valence-electron chi connectivity index (χ3n) is 4.01. The maximum Gasteiger partial charge on any atom is 0.222 e. The molecule has 0 aliphatic carbocycles. The molecule has 0 saturated carbocycles. The highest BCUT2D eigenvalue weighted by Crippen LogP contribution is 2.31. The lowest BCUT2D eigenvalue weighted by atomic mass is 10.1. The van der Waals surface area contributed by atoms with Gasteiger partial charge in [0.05, 0.1) is 6.26 Å². The Morgan fingerprint density at radius 1 is 1.48 bits per heavy atom. The molecule has 2 aromatic heterocycles. The number of hydrogen-bond acceptors (Lipinski definition) is 6. The molecule has 0 spiro atoms. The molecule has 1 atom stereocenters. The molecule has 114 valence electrons. The van der Waals surface area contributed by atoms with Crippen molar-refractivity contribution in [2.24, 2.45) is 5.92 Å². The molecule has 2 aromatic rings. The van der Waals surface area contributed by atoms with E-state index in [1.54, 1.807) is 6.26 Å². The standard InChI is InChI=1S/C15H23N5O/c1-9(2)6-10-8-21-13-12(10)18-15(16)19-14(13)20-5-4-11(7-20)17-3/h8-9,11,17H,4-7H2,1-3H3,(H2,16,18,19)/t11-/m1/s1. The molecule has 3 heterocycles. The van der Waals surface area contributed by atoms with E-state index in [-0.39, 0.29) is 0 Å². The molecule has 1 aliphatic rings. The fourth-order valence-corrected chi connectivity index (χ4v) is 2.95. The quantitative estimate of drug-likeness (QED) is 0.893. The van der Waals surface area contributed by atoms with Crippen molar-refractivity contribution in [3.05, 3.63) is 11.8 Å². The Hall–Kier alpha value is -1.82. The summed E-state index contributed by atoms with van der Waals surface area (Å²) in [7, 11) is 1.99. The first-order valence-electron chi connectivity index (χ1n) is 7.54. The zero-order valence-corrected chi connectivity index (χ0v) is 12.9. The fraction of sp³-hybridized carbons (Fsp3) is 0.600. The molecule has 0 radical (unpaired) electrons. The minimum absolute atomic E-state index is 0.316. The van der Waals surface area contributed by atoms with Gasteiger partial charge < -0.3 is 20.4 Å². The van der Waals surface area contributed by atoms with Crippen LogP contribution in [-0.4, -0.2) is 36.1 Å². The lowest BCUT2D eigenvalue weighted by Gasteiger charge is -2.17. The van der Waals surface area contributed by atoms with E-state index in [1.807, 2.05) is 7.05 Å². The molecule has 6 heteroatoms. The van der Waals surface area contributed by atoms with Gasteiger partial charge in [0.15, 0.2) is 11.4 Å². The van der Waals surface area contributed by atoms with Crippen LogP contribution in [0.15, 0.2) is 10.7 Å². The molecule has 0 bridgehead atoms. The summed E-state index contributed by atoms with van der Waals surface area (Å²) < 4.78 is 5.77. The highest BCUT2D eigenvalue weighted by Gasteiger charge is 2.26. The smallest absolute Gasteiger partial charge is 0.222 e. The van der Waals surface area contributed by atoms with Crippen LogP contribution in [0.5, 0.6) is 0 Å². The maximum absolute atomic E-state index is 5.91. The molecule has 1 aliphatic heterocycles. The third kappa shape index (κ3) is 2.68. The Balaban J connectivity index is 2.01. The first kappa shape index (κ1) is 14.1. The van der Waals surface area contributed by atoms with Gasteiger partial charge in [-0.1, -0.05) is 13.8 Å². The number of nitrogens with one attached hydrogen (secondary N) is 1. The normalized spacial score (nSPS) is 19.0. The SMILES string of the molecule is CN[C@@H]1CCN(c2nc(N)nc3c(CC(C)C)coc23)C1. The minimum atomic E-state index is 0.316. The van der Waals surface area contributed by atoms with Gasteiger partial charge in [0.1, 0.15) is 5.52 Å². The highest BCUT2D eigenvalue weighted by molar-refractivity contribution is 5.87. The van der Waals surface area contributed by atoms with Crippen molar-refractivity contribution in [2.45, 2.75) is 32.7 Å². The van der Waals surface area contributed by atoms with E-state index in [4.69, 9.17) is 10.2 Å². The molecule has 0 aromatic carbocycles. The maximum atomic E-state index is 5.91. The molecular formula is C15H23N5O. The average molecular weight is 289 g/mol. The molecule has 21 heavy (non-hydrogen) atoms. The number of nitrogens with two attached hydrogens (primary N) is 1. The van der Waals surface area contributed by atoms with Gasteiger partial charge in [-0.2, -0.15) is 4.98 Å². The second-order valence-corrected chi connectivity index (χ2v) is 6.16. The van der Waals surface area contributed by atoms with E-state index in [2.05, 4.69) is 34.0 Å². The van der Waals surface area contributed by atoms with Crippen molar-refractivity contribution < 1.29 is 4.42 Å². The summed E-state index contributed by atoms with van der Waals surface area (Å²) in [4.78, 5) is 11.0. The molecule has 1 fully saturated rings.